The Bertz CT molecular complexity index is 997. The summed E-state index contributed by atoms with van der Waals surface area (Å²) in [5.41, 5.74) is 2.72. The average molecular weight is 458 g/mol. The fourth-order valence-corrected chi connectivity index (χ4v) is 6.51. The molecule has 1 saturated heterocycles. The van der Waals surface area contributed by atoms with Gasteiger partial charge in [-0.25, -0.2) is 0 Å². The number of Topliss-reactive ketones (excluding diaryl/α,β-unsaturated/α-hetero) is 1. The van der Waals surface area contributed by atoms with Crippen LogP contribution in [0.4, 0.5) is 0 Å². The number of methoxy groups -OCH3 is 2. The van der Waals surface area contributed by atoms with E-state index in [0.717, 1.165) is 48.4 Å². The molecule has 5 nitrogen and oxygen atoms in total. The Morgan fingerprint density at radius 3 is 2.56 bits per heavy atom. The van der Waals surface area contributed by atoms with Crippen molar-refractivity contribution in [1.29, 1.82) is 0 Å². The molecule has 2 fully saturated rings. The standard InChI is InChI=1S/C26H31NO4.ClH/c1-27-14-13-25-16-20(28)11-12-26(25,31-17-18-7-5-4-6-8-18)22(27)15-19-9-10-21(29-2)24(30-3)23(19)25;/h4-10,22H,11-17H2,1-3H3;1H/t22-,25-,26-;/m1./s1. The van der Waals surface area contributed by atoms with Gasteiger partial charge in [0.1, 0.15) is 5.78 Å². The number of ketones is 1. The molecule has 2 bridgehead atoms. The molecule has 1 aliphatic heterocycles. The number of benzene rings is 2. The third-order valence-corrected chi connectivity index (χ3v) is 7.91. The number of likely N-dealkylation sites (tertiary alicyclic amines) is 1. The lowest BCUT2D eigenvalue weighted by Gasteiger charge is -2.64. The van der Waals surface area contributed by atoms with Gasteiger partial charge in [0.05, 0.1) is 26.4 Å². The summed E-state index contributed by atoms with van der Waals surface area (Å²) in [5, 5.41) is 0. The summed E-state index contributed by atoms with van der Waals surface area (Å²) in [6.45, 7) is 1.48. The second kappa shape index (κ2) is 8.69. The lowest BCUT2D eigenvalue weighted by molar-refractivity contribution is -0.202. The van der Waals surface area contributed by atoms with Gasteiger partial charge in [0, 0.05) is 29.9 Å². The Kier molecular flexibility index (Phi) is 6.27. The van der Waals surface area contributed by atoms with Crippen LogP contribution in [-0.4, -0.2) is 50.1 Å². The molecule has 2 aromatic rings. The highest BCUT2D eigenvalue weighted by molar-refractivity contribution is 5.85. The first kappa shape index (κ1) is 23.1. The highest BCUT2D eigenvalue weighted by Gasteiger charge is 2.66. The van der Waals surface area contributed by atoms with Crippen LogP contribution in [0.15, 0.2) is 42.5 Å². The number of halogens is 1. The van der Waals surface area contributed by atoms with Gasteiger partial charge in [-0.15, -0.1) is 12.4 Å². The first-order valence-electron chi connectivity index (χ1n) is 11.2. The molecule has 6 heteroatoms. The molecule has 2 aliphatic carbocycles. The minimum atomic E-state index is -0.434. The van der Waals surface area contributed by atoms with Crippen molar-refractivity contribution in [2.24, 2.45) is 0 Å². The monoisotopic (exact) mass is 457 g/mol. The number of likely N-dealkylation sites (N-methyl/N-ethyl adjacent to an activating group) is 1. The Balaban J connectivity index is 0.00000245. The highest BCUT2D eigenvalue weighted by Crippen LogP contribution is 2.62. The molecule has 1 heterocycles. The molecular weight excluding hydrogens is 426 g/mol. The Hall–Kier alpha value is -2.08. The second-order valence-electron chi connectivity index (χ2n) is 9.25. The maximum atomic E-state index is 12.9. The van der Waals surface area contributed by atoms with E-state index in [2.05, 4.69) is 30.1 Å². The van der Waals surface area contributed by atoms with Crippen LogP contribution in [0, 0.1) is 0 Å². The molecular formula is C26H32ClNO4. The first-order valence-corrected chi connectivity index (χ1v) is 11.2. The van der Waals surface area contributed by atoms with Gasteiger partial charge in [0.2, 0.25) is 0 Å². The van der Waals surface area contributed by atoms with E-state index in [1.54, 1.807) is 14.2 Å². The summed E-state index contributed by atoms with van der Waals surface area (Å²) in [6, 6.07) is 14.7. The number of rotatable bonds is 5. The maximum absolute atomic E-state index is 12.9. The molecule has 172 valence electrons. The zero-order chi connectivity index (χ0) is 21.6. The molecule has 3 aliphatic rings. The average Bonchev–Trinajstić information content (AvgIpc) is 2.80. The maximum Gasteiger partial charge on any atom is 0.164 e. The Morgan fingerprint density at radius 2 is 1.84 bits per heavy atom. The van der Waals surface area contributed by atoms with Crippen LogP contribution in [0.1, 0.15) is 42.4 Å². The zero-order valence-electron chi connectivity index (χ0n) is 19.1. The Labute approximate surface area is 196 Å². The predicted octanol–water partition coefficient (Wildman–Crippen LogP) is 4.33. The zero-order valence-corrected chi connectivity index (χ0v) is 19.9. The third-order valence-electron chi connectivity index (χ3n) is 7.91. The minimum Gasteiger partial charge on any atom is -0.493 e. The molecule has 0 aromatic heterocycles. The molecule has 32 heavy (non-hydrogen) atoms. The molecule has 0 spiro atoms. The van der Waals surface area contributed by atoms with Crippen LogP contribution >= 0.6 is 12.4 Å². The van der Waals surface area contributed by atoms with E-state index in [-0.39, 0.29) is 18.4 Å². The fraction of sp³-hybridized carbons (Fsp3) is 0.500. The summed E-state index contributed by atoms with van der Waals surface area (Å²) in [6.07, 6.45) is 3.58. The van der Waals surface area contributed by atoms with E-state index < -0.39 is 11.0 Å². The molecule has 1 saturated carbocycles. The van der Waals surface area contributed by atoms with Crippen LogP contribution in [0.5, 0.6) is 11.5 Å². The smallest absolute Gasteiger partial charge is 0.164 e. The van der Waals surface area contributed by atoms with Gasteiger partial charge in [0.25, 0.3) is 0 Å². The van der Waals surface area contributed by atoms with E-state index in [1.165, 1.54) is 5.56 Å². The van der Waals surface area contributed by atoms with Gasteiger partial charge in [-0.3, -0.25) is 4.79 Å². The van der Waals surface area contributed by atoms with Crippen molar-refractivity contribution < 1.29 is 19.0 Å². The third kappa shape index (κ3) is 3.25. The van der Waals surface area contributed by atoms with E-state index in [1.807, 2.05) is 24.3 Å². The molecule has 5 rings (SSSR count). The number of carbonyl (C=O) groups excluding carboxylic acids is 1. The summed E-state index contributed by atoms with van der Waals surface area (Å²) in [7, 11) is 5.57. The normalized spacial score (nSPS) is 28.8. The van der Waals surface area contributed by atoms with E-state index in [9.17, 15) is 4.79 Å². The van der Waals surface area contributed by atoms with Gasteiger partial charge in [-0.2, -0.15) is 0 Å². The topological polar surface area (TPSA) is 48.0 Å². The first-order chi connectivity index (χ1) is 15.0. The van der Waals surface area contributed by atoms with Crippen LogP contribution in [-0.2, 0) is 28.0 Å². The minimum absolute atomic E-state index is 0. The molecule has 0 N–H and O–H groups in total. The number of piperidine rings is 1. The van der Waals surface area contributed by atoms with Crippen molar-refractivity contribution in [3.63, 3.8) is 0 Å². The summed E-state index contributed by atoms with van der Waals surface area (Å²) >= 11 is 0. The summed E-state index contributed by atoms with van der Waals surface area (Å²) < 4.78 is 18.6. The van der Waals surface area contributed by atoms with E-state index in [4.69, 9.17) is 14.2 Å². The van der Waals surface area contributed by atoms with Crippen LogP contribution < -0.4 is 9.47 Å². The number of nitrogens with zero attached hydrogens (tertiary/aromatic N) is 1. The van der Waals surface area contributed by atoms with Gasteiger partial charge in [-0.05, 0) is 50.0 Å². The van der Waals surface area contributed by atoms with Crippen LogP contribution in [0.2, 0.25) is 0 Å². The Morgan fingerprint density at radius 1 is 1.06 bits per heavy atom. The van der Waals surface area contributed by atoms with Gasteiger partial charge in [-0.1, -0.05) is 36.4 Å². The number of hydrogen-bond acceptors (Lipinski definition) is 5. The van der Waals surface area contributed by atoms with Crippen molar-refractivity contribution in [2.45, 2.75) is 55.8 Å². The van der Waals surface area contributed by atoms with Crippen molar-refractivity contribution in [2.75, 3.05) is 27.8 Å². The highest BCUT2D eigenvalue weighted by atomic mass is 35.5. The van der Waals surface area contributed by atoms with Crippen LogP contribution in [0.25, 0.3) is 0 Å². The van der Waals surface area contributed by atoms with E-state index >= 15 is 0 Å². The molecule has 2 aromatic carbocycles. The second-order valence-corrected chi connectivity index (χ2v) is 9.25. The number of hydrogen-bond donors (Lipinski definition) is 0. The lowest BCUT2D eigenvalue weighted by Crippen LogP contribution is -2.73. The van der Waals surface area contributed by atoms with Crippen molar-refractivity contribution in [1.82, 2.24) is 4.90 Å². The van der Waals surface area contributed by atoms with Gasteiger partial charge < -0.3 is 19.1 Å². The fourth-order valence-electron chi connectivity index (χ4n) is 6.51. The molecule has 0 radical (unpaired) electrons. The van der Waals surface area contributed by atoms with Crippen molar-refractivity contribution >= 4 is 18.2 Å². The van der Waals surface area contributed by atoms with Crippen molar-refractivity contribution in [3.8, 4) is 11.5 Å². The molecule has 3 atom stereocenters. The van der Waals surface area contributed by atoms with Gasteiger partial charge >= 0.3 is 0 Å². The molecule has 0 unspecified atom stereocenters. The number of ether oxygens (including phenoxy) is 3. The summed E-state index contributed by atoms with van der Waals surface area (Å²) in [5.74, 6) is 1.81. The van der Waals surface area contributed by atoms with Gasteiger partial charge in [0.15, 0.2) is 11.5 Å². The summed E-state index contributed by atoms with van der Waals surface area (Å²) in [4.78, 5) is 15.4. The number of carbonyl (C=O) groups is 1. The quantitative estimate of drug-likeness (QED) is 0.668. The number of fused-ring (bicyclic) bond motifs is 1. The van der Waals surface area contributed by atoms with E-state index in [0.29, 0.717) is 25.2 Å². The molecule has 0 amide bonds. The lowest BCUT2D eigenvalue weighted by atomic mass is 9.49. The van der Waals surface area contributed by atoms with Crippen molar-refractivity contribution in [3.05, 3.63) is 59.2 Å². The predicted molar refractivity (Wildman–Crippen MR) is 126 cm³/mol. The van der Waals surface area contributed by atoms with Crippen LogP contribution in [0.3, 0.4) is 0 Å². The largest absolute Gasteiger partial charge is 0.493 e. The SMILES string of the molecule is COc1ccc2c(c1OC)[C@]13CCN(C)[C@H](C2)[C@]1(OCc1ccccc1)CCC(=O)C3.Cl.